The van der Waals surface area contributed by atoms with Crippen LogP contribution in [-0.2, 0) is 14.8 Å². The molecular weight excluding hydrogens is 286 g/mol. The fourth-order valence-corrected chi connectivity index (χ4v) is 3.50. The van der Waals surface area contributed by atoms with Gasteiger partial charge in [-0.1, -0.05) is 19.4 Å². The number of hydrogen-bond donors (Lipinski definition) is 3. The fraction of sp³-hybridized carbons (Fsp3) is 0.545. The lowest BCUT2D eigenvalue weighted by molar-refractivity contribution is -0.122. The minimum absolute atomic E-state index is 0.144. The van der Waals surface area contributed by atoms with E-state index in [1.807, 2.05) is 6.92 Å². The second-order valence-electron chi connectivity index (χ2n) is 4.02. The van der Waals surface area contributed by atoms with Gasteiger partial charge >= 0.3 is 0 Å². The van der Waals surface area contributed by atoms with Gasteiger partial charge in [0.05, 0.1) is 6.04 Å². The molecule has 8 heteroatoms. The molecule has 0 saturated carbocycles. The summed E-state index contributed by atoms with van der Waals surface area (Å²) in [6, 6.07) is 2.67. The molecule has 1 atom stereocenters. The summed E-state index contributed by atoms with van der Waals surface area (Å²) < 4.78 is 26.2. The van der Waals surface area contributed by atoms with Crippen LogP contribution in [0.4, 0.5) is 0 Å². The highest BCUT2D eigenvalue weighted by atomic mass is 32.2. The molecule has 1 rings (SSSR count). The summed E-state index contributed by atoms with van der Waals surface area (Å²) in [5.41, 5.74) is 5.62. The van der Waals surface area contributed by atoms with Crippen molar-refractivity contribution in [1.82, 2.24) is 10.0 Å². The number of carbonyl (C=O) groups excluding carboxylic acids is 1. The van der Waals surface area contributed by atoms with E-state index in [9.17, 15) is 13.2 Å². The molecule has 6 nitrogen and oxygen atoms in total. The van der Waals surface area contributed by atoms with E-state index in [0.717, 1.165) is 17.8 Å². The molecule has 4 N–H and O–H groups in total. The highest BCUT2D eigenvalue weighted by Gasteiger charge is 2.15. The molecule has 19 heavy (non-hydrogen) atoms. The maximum absolute atomic E-state index is 11.7. The quantitative estimate of drug-likeness (QED) is 0.600. The number of amides is 1. The van der Waals surface area contributed by atoms with Gasteiger partial charge < -0.3 is 11.1 Å². The smallest absolute Gasteiger partial charge is 0.250 e. The lowest BCUT2D eigenvalue weighted by Gasteiger charge is -2.11. The summed E-state index contributed by atoms with van der Waals surface area (Å²) in [6.45, 7) is 2.31. The maximum atomic E-state index is 11.7. The van der Waals surface area contributed by atoms with Crippen molar-refractivity contribution in [2.75, 3.05) is 13.1 Å². The van der Waals surface area contributed by atoms with E-state index >= 15 is 0 Å². The number of sulfonamides is 1. The van der Waals surface area contributed by atoms with Gasteiger partial charge in [0.15, 0.2) is 0 Å². The van der Waals surface area contributed by atoms with Gasteiger partial charge in [0.25, 0.3) is 0 Å². The van der Waals surface area contributed by atoms with Crippen LogP contribution in [0.3, 0.4) is 0 Å². The molecule has 0 saturated heterocycles. The van der Waals surface area contributed by atoms with Crippen molar-refractivity contribution in [2.24, 2.45) is 5.73 Å². The van der Waals surface area contributed by atoms with E-state index in [1.165, 1.54) is 6.07 Å². The molecule has 1 amide bonds. The zero-order valence-corrected chi connectivity index (χ0v) is 12.4. The minimum Gasteiger partial charge on any atom is -0.353 e. The predicted molar refractivity (Wildman–Crippen MR) is 75.4 cm³/mol. The second-order valence-corrected chi connectivity index (χ2v) is 6.96. The SMILES string of the molecule is CCCC(N)C(=O)NCCNS(=O)(=O)c1cccs1. The van der Waals surface area contributed by atoms with E-state index < -0.39 is 16.1 Å². The van der Waals surface area contributed by atoms with Gasteiger partial charge in [-0.25, -0.2) is 13.1 Å². The van der Waals surface area contributed by atoms with Gasteiger partial charge in [-0.05, 0) is 17.9 Å². The molecule has 0 aliphatic heterocycles. The van der Waals surface area contributed by atoms with E-state index in [4.69, 9.17) is 5.73 Å². The number of thiophene rings is 1. The Morgan fingerprint density at radius 3 is 2.79 bits per heavy atom. The molecule has 0 fully saturated rings. The van der Waals surface area contributed by atoms with Crippen LogP contribution < -0.4 is 15.8 Å². The van der Waals surface area contributed by atoms with Crippen molar-refractivity contribution in [2.45, 2.75) is 30.0 Å². The van der Waals surface area contributed by atoms with E-state index in [0.29, 0.717) is 6.42 Å². The third-order valence-corrected chi connectivity index (χ3v) is 5.27. The topological polar surface area (TPSA) is 101 Å². The average molecular weight is 305 g/mol. The molecule has 1 aromatic rings. The fourth-order valence-electron chi connectivity index (χ4n) is 1.43. The lowest BCUT2D eigenvalue weighted by Crippen LogP contribution is -2.43. The van der Waals surface area contributed by atoms with Gasteiger partial charge in [0.1, 0.15) is 4.21 Å². The first-order valence-electron chi connectivity index (χ1n) is 6.04. The van der Waals surface area contributed by atoms with Crippen LogP contribution in [0.2, 0.25) is 0 Å². The van der Waals surface area contributed by atoms with E-state index in [1.54, 1.807) is 11.4 Å². The first kappa shape index (κ1) is 16.1. The monoisotopic (exact) mass is 305 g/mol. The predicted octanol–water partition coefficient (Wildman–Crippen LogP) is 0.270. The van der Waals surface area contributed by atoms with Crippen LogP contribution >= 0.6 is 11.3 Å². The van der Waals surface area contributed by atoms with E-state index in [2.05, 4.69) is 10.0 Å². The molecule has 0 aliphatic carbocycles. The van der Waals surface area contributed by atoms with Gasteiger partial charge in [-0.3, -0.25) is 4.79 Å². The Morgan fingerprint density at radius 1 is 1.47 bits per heavy atom. The average Bonchev–Trinajstić information content (AvgIpc) is 2.89. The first-order chi connectivity index (χ1) is 8.97. The molecule has 1 aromatic heterocycles. The normalized spacial score (nSPS) is 13.2. The van der Waals surface area contributed by atoms with Crippen molar-refractivity contribution in [3.05, 3.63) is 17.5 Å². The van der Waals surface area contributed by atoms with Crippen LogP contribution in [0.1, 0.15) is 19.8 Å². The van der Waals surface area contributed by atoms with Crippen molar-refractivity contribution < 1.29 is 13.2 Å². The number of rotatable bonds is 8. The third-order valence-electron chi connectivity index (χ3n) is 2.41. The van der Waals surface area contributed by atoms with E-state index in [-0.39, 0.29) is 23.2 Å². The Hall–Kier alpha value is -0.960. The molecule has 0 radical (unpaired) electrons. The lowest BCUT2D eigenvalue weighted by atomic mass is 10.2. The summed E-state index contributed by atoms with van der Waals surface area (Å²) in [4.78, 5) is 11.5. The Kier molecular flexibility index (Phi) is 6.43. The van der Waals surface area contributed by atoms with Gasteiger partial charge in [-0.15, -0.1) is 11.3 Å². The molecule has 0 spiro atoms. The third kappa shape index (κ3) is 5.27. The molecule has 0 aliphatic rings. The van der Waals surface area contributed by atoms with Crippen molar-refractivity contribution >= 4 is 27.3 Å². The zero-order valence-electron chi connectivity index (χ0n) is 10.8. The molecular formula is C11H19N3O3S2. The number of carbonyl (C=O) groups is 1. The molecule has 108 valence electrons. The maximum Gasteiger partial charge on any atom is 0.250 e. The minimum atomic E-state index is -3.46. The number of nitrogens with two attached hydrogens (primary N) is 1. The summed E-state index contributed by atoms with van der Waals surface area (Å²) in [5.74, 6) is -0.253. The summed E-state index contributed by atoms with van der Waals surface area (Å²) in [6.07, 6.45) is 1.45. The standard InChI is InChI=1S/C11H19N3O3S2/c1-2-4-9(12)11(15)13-6-7-14-19(16,17)10-5-3-8-18-10/h3,5,8-9,14H,2,4,6-7,12H2,1H3,(H,13,15). The summed E-state index contributed by atoms with van der Waals surface area (Å²) in [5, 5.41) is 4.29. The number of nitrogens with one attached hydrogen (secondary N) is 2. The molecule has 1 heterocycles. The molecule has 0 bridgehead atoms. The van der Waals surface area contributed by atoms with Gasteiger partial charge in [-0.2, -0.15) is 0 Å². The Bertz CT molecular complexity index is 485. The van der Waals surface area contributed by atoms with Crippen LogP contribution in [-0.4, -0.2) is 33.5 Å². The van der Waals surface area contributed by atoms with Crippen molar-refractivity contribution in [1.29, 1.82) is 0 Å². The van der Waals surface area contributed by atoms with Crippen LogP contribution in [0.25, 0.3) is 0 Å². The zero-order chi connectivity index (χ0) is 14.3. The van der Waals surface area contributed by atoms with Crippen LogP contribution in [0.15, 0.2) is 21.7 Å². The highest BCUT2D eigenvalue weighted by Crippen LogP contribution is 2.14. The van der Waals surface area contributed by atoms with Gasteiger partial charge in [0, 0.05) is 13.1 Å². The van der Waals surface area contributed by atoms with Crippen LogP contribution in [0.5, 0.6) is 0 Å². The first-order valence-corrected chi connectivity index (χ1v) is 8.40. The Morgan fingerprint density at radius 2 is 2.21 bits per heavy atom. The van der Waals surface area contributed by atoms with Crippen LogP contribution in [0, 0.1) is 0 Å². The summed E-state index contributed by atoms with van der Waals surface area (Å²) >= 11 is 1.15. The Balaban J connectivity index is 2.30. The molecule has 0 aromatic carbocycles. The highest BCUT2D eigenvalue weighted by molar-refractivity contribution is 7.91. The van der Waals surface area contributed by atoms with Crippen molar-refractivity contribution in [3.63, 3.8) is 0 Å². The second kappa shape index (κ2) is 7.59. The molecule has 1 unspecified atom stereocenters. The number of hydrogen-bond acceptors (Lipinski definition) is 5. The van der Waals surface area contributed by atoms with Gasteiger partial charge in [0.2, 0.25) is 15.9 Å². The largest absolute Gasteiger partial charge is 0.353 e. The van der Waals surface area contributed by atoms with Crippen molar-refractivity contribution in [3.8, 4) is 0 Å². The summed E-state index contributed by atoms with van der Waals surface area (Å²) in [7, 11) is -3.46. The Labute approximate surface area is 117 Å².